The van der Waals surface area contributed by atoms with Crippen molar-refractivity contribution >= 4 is 12.2 Å². The Morgan fingerprint density at radius 2 is 2.50 bits per heavy atom. The molecule has 0 bridgehead atoms. The molecule has 0 aromatic carbocycles. The summed E-state index contributed by atoms with van der Waals surface area (Å²) in [5.74, 6) is -0.273. The van der Waals surface area contributed by atoms with Crippen molar-refractivity contribution in [2.24, 2.45) is 0 Å². The van der Waals surface area contributed by atoms with Crippen molar-refractivity contribution in [3.63, 3.8) is 0 Å². The van der Waals surface area contributed by atoms with Gasteiger partial charge in [-0.15, -0.1) is 0 Å². The maximum atomic E-state index is 11.1. The second kappa shape index (κ2) is 2.52. The minimum Gasteiger partial charge on any atom is -0.465 e. The molecule has 12 heavy (non-hydrogen) atoms. The van der Waals surface area contributed by atoms with Crippen molar-refractivity contribution in [3.8, 4) is 0 Å². The fraction of sp³-hybridized carbons (Fsp3) is 0.222. The third-order valence-corrected chi connectivity index (χ3v) is 1.95. The van der Waals surface area contributed by atoms with E-state index in [2.05, 4.69) is 10.8 Å². The van der Waals surface area contributed by atoms with Crippen LogP contribution in [0.3, 0.4) is 0 Å². The van der Waals surface area contributed by atoms with Crippen LogP contribution in [0.5, 0.6) is 0 Å². The fourth-order valence-corrected chi connectivity index (χ4v) is 1.34. The zero-order chi connectivity index (χ0) is 8.55. The molecule has 2 heterocycles. The van der Waals surface area contributed by atoms with Gasteiger partial charge >= 0.3 is 5.97 Å². The van der Waals surface area contributed by atoms with E-state index in [4.69, 9.17) is 0 Å². The highest BCUT2D eigenvalue weighted by Crippen LogP contribution is 2.16. The lowest BCUT2D eigenvalue weighted by atomic mass is 10.3. The molecule has 0 radical (unpaired) electrons. The number of aromatic nitrogens is 1. The molecule has 0 fully saturated rings. The van der Waals surface area contributed by atoms with Crippen molar-refractivity contribution < 1.29 is 9.53 Å². The lowest BCUT2D eigenvalue weighted by Gasteiger charge is -1.92. The third kappa shape index (κ3) is 0.942. The van der Waals surface area contributed by atoms with Gasteiger partial charge in [0.05, 0.1) is 12.7 Å². The molecule has 0 saturated carbocycles. The quantitative estimate of drug-likeness (QED) is 0.584. The average Bonchev–Trinajstić information content (AvgIpc) is 2.60. The van der Waals surface area contributed by atoms with E-state index in [0.717, 1.165) is 12.1 Å². The van der Waals surface area contributed by atoms with Gasteiger partial charge in [-0.25, -0.2) is 4.79 Å². The van der Waals surface area contributed by atoms with Crippen LogP contribution < -0.4 is 0 Å². The molecule has 1 aliphatic heterocycles. The zero-order valence-electron chi connectivity index (χ0n) is 6.78. The summed E-state index contributed by atoms with van der Waals surface area (Å²) < 4.78 is 6.53. The van der Waals surface area contributed by atoms with E-state index >= 15 is 0 Å². The van der Waals surface area contributed by atoms with Gasteiger partial charge in [0, 0.05) is 24.5 Å². The number of nitrogens with zero attached hydrogens (tertiary/aromatic N) is 1. The maximum Gasteiger partial charge on any atom is 0.339 e. The highest BCUT2D eigenvalue weighted by molar-refractivity contribution is 5.89. The van der Waals surface area contributed by atoms with E-state index in [0.29, 0.717) is 5.56 Å². The molecule has 0 spiro atoms. The maximum absolute atomic E-state index is 11.1. The first-order valence-corrected chi connectivity index (χ1v) is 3.77. The van der Waals surface area contributed by atoms with Crippen LogP contribution in [0, 0.1) is 0 Å². The van der Waals surface area contributed by atoms with Crippen LogP contribution in [-0.4, -0.2) is 17.6 Å². The van der Waals surface area contributed by atoms with E-state index < -0.39 is 0 Å². The molecule has 0 atom stereocenters. The Labute approximate surface area is 70.3 Å². The highest BCUT2D eigenvalue weighted by atomic mass is 16.5. The number of esters is 1. The normalized spacial score (nSPS) is 13.1. The van der Waals surface area contributed by atoms with Gasteiger partial charge in [-0.1, -0.05) is 6.08 Å². The Balaban J connectivity index is 2.36. The summed E-state index contributed by atoms with van der Waals surface area (Å²) in [7, 11) is 1.39. The number of carbonyl (C=O) groups is 1. The molecule has 0 unspecified atom stereocenters. The number of methoxy groups -OCH3 is 1. The Bertz CT molecular complexity index is 349. The van der Waals surface area contributed by atoms with Gasteiger partial charge < -0.3 is 9.30 Å². The summed E-state index contributed by atoms with van der Waals surface area (Å²) in [5, 5.41) is 0. The number of allylic oxidation sites excluding steroid dienone is 1. The molecule has 0 N–H and O–H groups in total. The Hall–Kier alpha value is -1.51. The van der Waals surface area contributed by atoms with Crippen molar-refractivity contribution in [1.29, 1.82) is 0 Å². The average molecular weight is 163 g/mol. The van der Waals surface area contributed by atoms with E-state index in [9.17, 15) is 4.79 Å². The zero-order valence-corrected chi connectivity index (χ0v) is 6.78. The number of carbonyl (C=O) groups excluding carboxylic acids is 1. The van der Waals surface area contributed by atoms with Crippen molar-refractivity contribution in [2.75, 3.05) is 7.11 Å². The lowest BCUT2D eigenvalue weighted by molar-refractivity contribution is 0.0601. The Kier molecular flexibility index (Phi) is 1.50. The van der Waals surface area contributed by atoms with E-state index in [1.54, 1.807) is 6.20 Å². The van der Waals surface area contributed by atoms with Crippen LogP contribution in [0.1, 0.15) is 16.1 Å². The summed E-state index contributed by atoms with van der Waals surface area (Å²) in [6.07, 6.45) is 6.68. The topological polar surface area (TPSA) is 31.2 Å². The molecule has 0 amide bonds. The van der Waals surface area contributed by atoms with Crippen LogP contribution in [0.4, 0.5) is 0 Å². The van der Waals surface area contributed by atoms with Gasteiger partial charge in [0.15, 0.2) is 0 Å². The molecule has 1 aromatic heterocycles. The first-order valence-electron chi connectivity index (χ1n) is 3.77. The van der Waals surface area contributed by atoms with Gasteiger partial charge in [0.25, 0.3) is 0 Å². The number of hydrogen-bond acceptors (Lipinski definition) is 2. The number of rotatable bonds is 1. The number of ether oxygens (including phenoxy) is 1. The number of fused-ring (bicyclic) bond motifs is 1. The SMILES string of the molecule is COC(=O)c1cc2n(c1)C=CC2. The predicted octanol–water partition coefficient (Wildman–Crippen LogP) is 1.30. The highest BCUT2D eigenvalue weighted by Gasteiger charge is 2.12. The Morgan fingerprint density at radius 3 is 3.17 bits per heavy atom. The van der Waals surface area contributed by atoms with Gasteiger partial charge in [-0.05, 0) is 6.07 Å². The number of hydrogen-bond donors (Lipinski definition) is 0. The molecule has 2 rings (SSSR count). The van der Waals surface area contributed by atoms with Crippen LogP contribution in [0.15, 0.2) is 18.3 Å². The summed E-state index contributed by atoms with van der Waals surface area (Å²) >= 11 is 0. The van der Waals surface area contributed by atoms with E-state index in [1.807, 2.05) is 16.8 Å². The molecule has 0 aliphatic carbocycles. The second-order valence-electron chi connectivity index (χ2n) is 2.71. The first kappa shape index (κ1) is 7.16. The molecular weight excluding hydrogens is 154 g/mol. The molecule has 0 saturated heterocycles. The molecule has 3 nitrogen and oxygen atoms in total. The fourth-order valence-electron chi connectivity index (χ4n) is 1.34. The molecule has 1 aliphatic rings. The summed E-state index contributed by atoms with van der Waals surface area (Å²) in [4.78, 5) is 11.1. The van der Waals surface area contributed by atoms with Gasteiger partial charge in [-0.3, -0.25) is 0 Å². The lowest BCUT2D eigenvalue weighted by Crippen LogP contribution is -1.98. The van der Waals surface area contributed by atoms with Gasteiger partial charge in [-0.2, -0.15) is 0 Å². The third-order valence-electron chi connectivity index (χ3n) is 1.95. The summed E-state index contributed by atoms with van der Waals surface area (Å²) in [5.41, 5.74) is 1.76. The second-order valence-corrected chi connectivity index (χ2v) is 2.71. The minimum absolute atomic E-state index is 0.273. The smallest absolute Gasteiger partial charge is 0.339 e. The molecule has 3 heteroatoms. The van der Waals surface area contributed by atoms with E-state index in [-0.39, 0.29) is 5.97 Å². The van der Waals surface area contributed by atoms with Crippen molar-refractivity contribution in [1.82, 2.24) is 4.57 Å². The summed E-state index contributed by atoms with van der Waals surface area (Å²) in [6, 6.07) is 1.85. The van der Waals surface area contributed by atoms with E-state index in [1.165, 1.54) is 7.11 Å². The summed E-state index contributed by atoms with van der Waals surface area (Å²) in [6.45, 7) is 0. The standard InChI is InChI=1S/C9H9NO2/c1-12-9(11)7-5-8-3-2-4-10(8)6-7/h2,4-6H,3H2,1H3. The molecule has 62 valence electrons. The van der Waals surface area contributed by atoms with Crippen LogP contribution in [0.25, 0.3) is 6.20 Å². The first-order chi connectivity index (χ1) is 5.81. The van der Waals surface area contributed by atoms with Crippen molar-refractivity contribution in [2.45, 2.75) is 6.42 Å². The molecule has 1 aromatic rings. The van der Waals surface area contributed by atoms with Crippen LogP contribution >= 0.6 is 0 Å². The van der Waals surface area contributed by atoms with Gasteiger partial charge in [0.1, 0.15) is 0 Å². The predicted molar refractivity (Wildman–Crippen MR) is 44.8 cm³/mol. The van der Waals surface area contributed by atoms with Crippen LogP contribution in [-0.2, 0) is 11.2 Å². The minimum atomic E-state index is -0.273. The molecular formula is C9H9NO2. The van der Waals surface area contributed by atoms with Gasteiger partial charge in [0.2, 0.25) is 0 Å². The monoisotopic (exact) mass is 163 g/mol. The van der Waals surface area contributed by atoms with Crippen LogP contribution in [0.2, 0.25) is 0 Å². The largest absolute Gasteiger partial charge is 0.465 e. The Morgan fingerprint density at radius 1 is 1.67 bits per heavy atom. The van der Waals surface area contributed by atoms with Crippen molar-refractivity contribution in [3.05, 3.63) is 29.6 Å².